The second-order valence-corrected chi connectivity index (χ2v) is 7.04. The molecule has 0 spiro atoms. The molecule has 2 aliphatic heterocycles. The minimum Gasteiger partial charge on any atom is -0.312 e. The fourth-order valence-corrected chi connectivity index (χ4v) is 3.80. The first-order valence-corrected chi connectivity index (χ1v) is 8.81. The van der Waals surface area contributed by atoms with Crippen molar-refractivity contribution in [2.75, 3.05) is 22.9 Å². The Morgan fingerprint density at radius 3 is 2.68 bits per heavy atom. The molecule has 1 fully saturated rings. The van der Waals surface area contributed by atoms with E-state index in [0.29, 0.717) is 19.5 Å². The number of hydrogen-bond donors (Lipinski definition) is 0. The first kappa shape index (κ1) is 15.9. The summed E-state index contributed by atoms with van der Waals surface area (Å²) in [5, 5.41) is 0. The number of fused-ring (bicyclic) bond motifs is 1. The van der Waals surface area contributed by atoms with Crippen LogP contribution in [0.25, 0.3) is 0 Å². The molecular formula is C21H22N2O2. The normalized spacial score (nSPS) is 19.4. The minimum absolute atomic E-state index is 0.0362. The van der Waals surface area contributed by atoms with Gasteiger partial charge in [0.1, 0.15) is 0 Å². The Bertz CT molecular complexity index is 859. The number of para-hydroxylation sites is 1. The zero-order valence-corrected chi connectivity index (χ0v) is 14.7. The number of amides is 2. The maximum atomic E-state index is 13.0. The first-order chi connectivity index (χ1) is 12.0. The third kappa shape index (κ3) is 2.72. The molecular weight excluding hydrogens is 312 g/mol. The lowest BCUT2D eigenvalue weighted by Gasteiger charge is -2.22. The molecule has 0 aromatic heterocycles. The topological polar surface area (TPSA) is 40.6 Å². The summed E-state index contributed by atoms with van der Waals surface area (Å²) < 4.78 is 0. The standard InChI is InChI=1S/C21H22N2O2/c1-14-7-8-18(11-15(14)2)23-13-17(12-20(23)24)21(25)22-10-9-16-5-3-4-6-19(16)22/h3-8,11,17H,9-10,12-13H2,1-2H3. The van der Waals surface area contributed by atoms with Crippen LogP contribution in [0.5, 0.6) is 0 Å². The lowest BCUT2D eigenvalue weighted by Crippen LogP contribution is -2.36. The van der Waals surface area contributed by atoms with Crippen LogP contribution in [0.15, 0.2) is 42.5 Å². The third-order valence-electron chi connectivity index (χ3n) is 5.43. The predicted octanol–water partition coefficient (Wildman–Crippen LogP) is 3.25. The maximum Gasteiger partial charge on any atom is 0.232 e. The van der Waals surface area contributed by atoms with Gasteiger partial charge in [-0.1, -0.05) is 24.3 Å². The summed E-state index contributed by atoms with van der Waals surface area (Å²) >= 11 is 0. The van der Waals surface area contributed by atoms with Crippen molar-refractivity contribution in [1.29, 1.82) is 0 Å². The Kier molecular flexibility index (Phi) is 3.83. The fraction of sp³-hybridized carbons (Fsp3) is 0.333. The van der Waals surface area contributed by atoms with E-state index in [4.69, 9.17) is 0 Å². The molecule has 0 radical (unpaired) electrons. The van der Waals surface area contributed by atoms with Crippen molar-refractivity contribution in [3.63, 3.8) is 0 Å². The molecule has 4 rings (SSSR count). The van der Waals surface area contributed by atoms with Gasteiger partial charge in [-0.15, -0.1) is 0 Å². The van der Waals surface area contributed by atoms with Gasteiger partial charge in [-0.2, -0.15) is 0 Å². The van der Waals surface area contributed by atoms with Crippen LogP contribution in [0.2, 0.25) is 0 Å². The van der Waals surface area contributed by atoms with Crippen molar-refractivity contribution >= 4 is 23.2 Å². The summed E-state index contributed by atoms with van der Waals surface area (Å²) in [7, 11) is 0. The molecule has 2 aromatic rings. The Morgan fingerprint density at radius 2 is 1.88 bits per heavy atom. The fourth-order valence-electron chi connectivity index (χ4n) is 3.80. The molecule has 25 heavy (non-hydrogen) atoms. The second-order valence-electron chi connectivity index (χ2n) is 7.04. The van der Waals surface area contributed by atoms with Crippen molar-refractivity contribution < 1.29 is 9.59 Å². The summed E-state index contributed by atoms with van der Waals surface area (Å²) in [6, 6.07) is 14.1. The quantitative estimate of drug-likeness (QED) is 0.846. The van der Waals surface area contributed by atoms with Crippen LogP contribution >= 0.6 is 0 Å². The van der Waals surface area contributed by atoms with Crippen molar-refractivity contribution in [2.24, 2.45) is 5.92 Å². The summed E-state index contributed by atoms with van der Waals surface area (Å²) in [4.78, 5) is 29.1. The molecule has 1 atom stereocenters. The molecule has 4 heteroatoms. The number of carbonyl (C=O) groups excluding carboxylic acids is 2. The molecule has 0 N–H and O–H groups in total. The average Bonchev–Trinajstić information content (AvgIpc) is 3.20. The number of aryl methyl sites for hydroxylation is 2. The zero-order valence-electron chi connectivity index (χ0n) is 14.7. The number of rotatable bonds is 2. The lowest BCUT2D eigenvalue weighted by atomic mass is 10.1. The number of hydrogen-bond acceptors (Lipinski definition) is 2. The number of benzene rings is 2. The number of anilines is 2. The van der Waals surface area contributed by atoms with E-state index >= 15 is 0 Å². The Hall–Kier alpha value is -2.62. The van der Waals surface area contributed by atoms with Gasteiger partial charge in [-0.3, -0.25) is 9.59 Å². The van der Waals surface area contributed by atoms with Crippen molar-refractivity contribution in [3.8, 4) is 0 Å². The molecule has 0 aliphatic carbocycles. The van der Waals surface area contributed by atoms with Crippen molar-refractivity contribution in [2.45, 2.75) is 26.7 Å². The maximum absolute atomic E-state index is 13.0. The Labute approximate surface area is 148 Å². The average molecular weight is 334 g/mol. The summed E-state index contributed by atoms with van der Waals surface area (Å²) in [5.74, 6) is -0.154. The van der Waals surface area contributed by atoms with E-state index in [2.05, 4.69) is 13.0 Å². The highest BCUT2D eigenvalue weighted by Crippen LogP contribution is 2.32. The number of nitrogens with zero attached hydrogens (tertiary/aromatic N) is 2. The molecule has 2 aliphatic rings. The summed E-state index contributed by atoms with van der Waals surface area (Å²) in [5.41, 5.74) is 5.48. The summed E-state index contributed by atoms with van der Waals surface area (Å²) in [6.45, 7) is 5.29. The van der Waals surface area contributed by atoms with Gasteiger partial charge in [-0.25, -0.2) is 0 Å². The van der Waals surface area contributed by atoms with Crippen LogP contribution in [0.3, 0.4) is 0 Å². The van der Waals surface area contributed by atoms with E-state index in [0.717, 1.165) is 23.4 Å². The highest BCUT2D eigenvalue weighted by Gasteiger charge is 2.39. The molecule has 4 nitrogen and oxygen atoms in total. The molecule has 2 aromatic carbocycles. The highest BCUT2D eigenvalue weighted by molar-refractivity contribution is 6.05. The van der Waals surface area contributed by atoms with E-state index < -0.39 is 0 Å². The Balaban J connectivity index is 1.54. The van der Waals surface area contributed by atoms with E-state index in [-0.39, 0.29) is 17.7 Å². The van der Waals surface area contributed by atoms with Crippen LogP contribution in [0.1, 0.15) is 23.1 Å². The van der Waals surface area contributed by atoms with Gasteiger partial charge in [0.15, 0.2) is 0 Å². The zero-order chi connectivity index (χ0) is 17.6. The van der Waals surface area contributed by atoms with E-state index in [9.17, 15) is 9.59 Å². The van der Waals surface area contributed by atoms with Crippen LogP contribution in [0, 0.1) is 19.8 Å². The van der Waals surface area contributed by atoms with Crippen LogP contribution in [-0.4, -0.2) is 24.9 Å². The first-order valence-electron chi connectivity index (χ1n) is 8.81. The van der Waals surface area contributed by atoms with Crippen molar-refractivity contribution in [3.05, 3.63) is 59.2 Å². The van der Waals surface area contributed by atoms with E-state index in [1.165, 1.54) is 11.1 Å². The van der Waals surface area contributed by atoms with Gasteiger partial charge in [-0.05, 0) is 55.2 Å². The number of carbonyl (C=O) groups is 2. The summed E-state index contributed by atoms with van der Waals surface area (Å²) in [6.07, 6.45) is 1.19. The second kappa shape index (κ2) is 6.03. The van der Waals surface area contributed by atoms with Gasteiger partial charge in [0, 0.05) is 30.9 Å². The molecule has 2 heterocycles. The van der Waals surface area contributed by atoms with E-state index in [1.54, 1.807) is 4.90 Å². The van der Waals surface area contributed by atoms with Gasteiger partial charge in [0.25, 0.3) is 0 Å². The lowest BCUT2D eigenvalue weighted by molar-refractivity contribution is -0.124. The molecule has 0 saturated carbocycles. The monoisotopic (exact) mass is 334 g/mol. The minimum atomic E-state index is -0.264. The van der Waals surface area contributed by atoms with Gasteiger partial charge < -0.3 is 9.80 Å². The van der Waals surface area contributed by atoms with Gasteiger partial charge in [0.2, 0.25) is 11.8 Å². The highest BCUT2D eigenvalue weighted by atomic mass is 16.2. The van der Waals surface area contributed by atoms with E-state index in [1.807, 2.05) is 48.2 Å². The SMILES string of the molecule is Cc1ccc(N2CC(C(=O)N3CCc4ccccc43)CC2=O)cc1C. The molecule has 128 valence electrons. The van der Waals surface area contributed by atoms with Crippen LogP contribution < -0.4 is 9.80 Å². The Morgan fingerprint density at radius 1 is 1.08 bits per heavy atom. The molecule has 1 unspecified atom stereocenters. The van der Waals surface area contributed by atoms with Crippen LogP contribution in [-0.2, 0) is 16.0 Å². The third-order valence-corrected chi connectivity index (χ3v) is 5.43. The molecule has 1 saturated heterocycles. The molecule has 0 bridgehead atoms. The van der Waals surface area contributed by atoms with Gasteiger partial charge >= 0.3 is 0 Å². The van der Waals surface area contributed by atoms with Gasteiger partial charge in [0.05, 0.1) is 5.92 Å². The predicted molar refractivity (Wildman–Crippen MR) is 98.9 cm³/mol. The van der Waals surface area contributed by atoms with Crippen molar-refractivity contribution in [1.82, 2.24) is 0 Å². The van der Waals surface area contributed by atoms with Crippen LogP contribution in [0.4, 0.5) is 11.4 Å². The molecule has 2 amide bonds. The smallest absolute Gasteiger partial charge is 0.232 e. The largest absolute Gasteiger partial charge is 0.312 e.